The molecular formula is C17H20N6O2S. The summed E-state index contributed by atoms with van der Waals surface area (Å²) in [7, 11) is 3.57. The predicted molar refractivity (Wildman–Crippen MR) is 96.1 cm³/mol. The molecule has 2 N–H and O–H groups in total. The van der Waals surface area contributed by atoms with Crippen molar-refractivity contribution in [1.82, 2.24) is 25.3 Å². The minimum absolute atomic E-state index is 0.0530. The van der Waals surface area contributed by atoms with Gasteiger partial charge in [-0.1, -0.05) is 0 Å². The summed E-state index contributed by atoms with van der Waals surface area (Å²) in [5.74, 6) is 0.0530. The van der Waals surface area contributed by atoms with Crippen molar-refractivity contribution in [1.29, 1.82) is 5.26 Å². The van der Waals surface area contributed by atoms with E-state index in [9.17, 15) is 9.59 Å². The second-order valence-corrected chi connectivity index (χ2v) is 7.35. The summed E-state index contributed by atoms with van der Waals surface area (Å²) in [6, 6.07) is 6.75. The number of amides is 3. The van der Waals surface area contributed by atoms with Crippen molar-refractivity contribution in [3.8, 4) is 6.07 Å². The molecular weight excluding hydrogens is 352 g/mol. The third-order valence-electron chi connectivity index (χ3n) is 4.53. The SMILES string of the molecule is CN1C(=O)CC[C@@H](NC(=O)NCc2ccc(C#N)s2)[C@@H]1c1ccnn1C. The molecule has 1 aliphatic heterocycles. The van der Waals surface area contributed by atoms with Crippen LogP contribution in [0.2, 0.25) is 0 Å². The quantitative estimate of drug-likeness (QED) is 0.849. The van der Waals surface area contributed by atoms with Crippen molar-refractivity contribution in [2.45, 2.75) is 31.5 Å². The molecule has 1 aliphatic rings. The van der Waals surface area contributed by atoms with E-state index in [1.54, 1.807) is 28.9 Å². The van der Waals surface area contributed by atoms with Gasteiger partial charge in [-0.15, -0.1) is 11.3 Å². The Labute approximate surface area is 155 Å². The normalized spacial score (nSPS) is 19.9. The van der Waals surface area contributed by atoms with Gasteiger partial charge in [0.15, 0.2) is 0 Å². The van der Waals surface area contributed by atoms with Crippen molar-refractivity contribution < 1.29 is 9.59 Å². The Bertz CT molecular complexity index is 852. The van der Waals surface area contributed by atoms with Crippen molar-refractivity contribution in [2.24, 2.45) is 7.05 Å². The van der Waals surface area contributed by atoms with Gasteiger partial charge in [0.1, 0.15) is 10.9 Å². The average Bonchev–Trinajstić information content (AvgIpc) is 3.25. The maximum atomic E-state index is 12.3. The number of carbonyl (C=O) groups excluding carboxylic acids is 2. The number of aromatic nitrogens is 2. The lowest BCUT2D eigenvalue weighted by atomic mass is 9.93. The average molecular weight is 372 g/mol. The Hall–Kier alpha value is -2.86. The molecule has 0 unspecified atom stereocenters. The molecule has 0 bridgehead atoms. The number of thiophene rings is 1. The highest BCUT2D eigenvalue weighted by Gasteiger charge is 2.37. The third-order valence-corrected chi connectivity index (χ3v) is 5.52. The van der Waals surface area contributed by atoms with E-state index in [2.05, 4.69) is 21.8 Å². The predicted octanol–water partition coefficient (Wildman–Crippen LogP) is 1.51. The number of hydrogen-bond acceptors (Lipinski definition) is 5. The van der Waals surface area contributed by atoms with E-state index in [1.807, 2.05) is 19.2 Å². The number of piperidine rings is 1. The van der Waals surface area contributed by atoms with E-state index < -0.39 is 0 Å². The van der Waals surface area contributed by atoms with E-state index in [0.717, 1.165) is 10.6 Å². The zero-order chi connectivity index (χ0) is 18.7. The van der Waals surface area contributed by atoms with Gasteiger partial charge in [-0.05, 0) is 24.6 Å². The van der Waals surface area contributed by atoms with E-state index in [-0.39, 0.29) is 24.0 Å². The summed E-state index contributed by atoms with van der Waals surface area (Å²) in [4.78, 5) is 27.7. The van der Waals surface area contributed by atoms with E-state index >= 15 is 0 Å². The third kappa shape index (κ3) is 3.70. The van der Waals surface area contributed by atoms with Crippen LogP contribution in [0.25, 0.3) is 0 Å². The van der Waals surface area contributed by atoms with E-state index in [4.69, 9.17) is 5.26 Å². The van der Waals surface area contributed by atoms with Gasteiger partial charge in [0, 0.05) is 31.6 Å². The molecule has 8 nitrogen and oxygen atoms in total. The molecule has 3 heterocycles. The molecule has 0 saturated carbocycles. The van der Waals surface area contributed by atoms with Gasteiger partial charge in [0.2, 0.25) is 5.91 Å². The first-order valence-electron chi connectivity index (χ1n) is 8.26. The van der Waals surface area contributed by atoms with Crippen LogP contribution in [0.5, 0.6) is 0 Å². The minimum atomic E-state index is -0.295. The number of aryl methyl sites for hydroxylation is 1. The summed E-state index contributed by atoms with van der Waals surface area (Å²) in [5.41, 5.74) is 0.878. The number of nitrogens with one attached hydrogen (secondary N) is 2. The van der Waals surface area contributed by atoms with Crippen LogP contribution in [0.15, 0.2) is 24.4 Å². The zero-order valence-electron chi connectivity index (χ0n) is 14.6. The Kier molecular flexibility index (Phi) is 5.23. The number of hydrogen-bond donors (Lipinski definition) is 2. The van der Waals surface area contributed by atoms with Crippen molar-refractivity contribution in [3.63, 3.8) is 0 Å². The van der Waals surface area contributed by atoms with Gasteiger partial charge < -0.3 is 15.5 Å². The van der Waals surface area contributed by atoms with E-state index in [0.29, 0.717) is 24.3 Å². The van der Waals surface area contributed by atoms with Gasteiger partial charge >= 0.3 is 6.03 Å². The standard InChI is InChI=1S/C17H20N6O2S/c1-22-15(24)6-5-13(16(22)14-7-8-20-23(14)2)21-17(25)19-10-12-4-3-11(9-18)26-12/h3-4,7-8,13,16H,5-6,10H2,1-2H3,(H2,19,21,25)/t13-,16-/m1/s1. The van der Waals surface area contributed by atoms with Gasteiger partial charge in [0.25, 0.3) is 0 Å². The first kappa shape index (κ1) is 17.9. The molecule has 0 radical (unpaired) electrons. The monoisotopic (exact) mass is 372 g/mol. The number of likely N-dealkylation sites (tertiary alicyclic amines) is 1. The fourth-order valence-electron chi connectivity index (χ4n) is 3.19. The summed E-state index contributed by atoms with van der Waals surface area (Å²) in [6.07, 6.45) is 2.65. The van der Waals surface area contributed by atoms with E-state index in [1.165, 1.54) is 11.3 Å². The first-order chi connectivity index (χ1) is 12.5. The molecule has 3 amide bonds. The van der Waals surface area contributed by atoms with Crippen LogP contribution >= 0.6 is 11.3 Å². The molecule has 9 heteroatoms. The summed E-state index contributed by atoms with van der Waals surface area (Å²) >= 11 is 1.35. The van der Waals surface area contributed by atoms with Crippen LogP contribution < -0.4 is 10.6 Å². The lowest BCUT2D eigenvalue weighted by Crippen LogP contribution is -2.53. The largest absolute Gasteiger partial charge is 0.335 e. The Morgan fingerprint density at radius 2 is 2.23 bits per heavy atom. The summed E-state index contributed by atoms with van der Waals surface area (Å²) in [5, 5.41) is 18.8. The fourth-order valence-corrected chi connectivity index (χ4v) is 3.93. The molecule has 0 spiro atoms. The van der Waals surface area contributed by atoms with Crippen LogP contribution in [0.1, 0.15) is 34.3 Å². The molecule has 136 valence electrons. The molecule has 2 aromatic heterocycles. The van der Waals surface area contributed by atoms with Gasteiger partial charge in [-0.3, -0.25) is 9.48 Å². The molecule has 26 heavy (non-hydrogen) atoms. The number of urea groups is 1. The number of rotatable bonds is 4. The zero-order valence-corrected chi connectivity index (χ0v) is 15.4. The summed E-state index contributed by atoms with van der Waals surface area (Å²) < 4.78 is 1.72. The van der Waals surface area contributed by atoms with Gasteiger partial charge in [-0.25, -0.2) is 4.79 Å². The molecule has 1 fully saturated rings. The number of nitriles is 1. The van der Waals surface area contributed by atoms with Crippen LogP contribution in [0.4, 0.5) is 4.79 Å². The van der Waals surface area contributed by atoms with Crippen LogP contribution in [-0.2, 0) is 18.4 Å². The maximum absolute atomic E-state index is 12.3. The van der Waals surface area contributed by atoms with Crippen molar-refractivity contribution in [3.05, 3.63) is 39.8 Å². The molecule has 2 aromatic rings. The topological polar surface area (TPSA) is 103 Å². The second kappa shape index (κ2) is 7.58. The van der Waals surface area contributed by atoms with Crippen LogP contribution in [-0.4, -0.2) is 39.7 Å². The number of likely N-dealkylation sites (N-methyl/N-ethyl adjacent to an activating group) is 1. The van der Waals surface area contributed by atoms with Gasteiger partial charge in [0.05, 0.1) is 24.3 Å². The Morgan fingerprint density at radius 1 is 1.42 bits per heavy atom. The molecule has 2 atom stereocenters. The molecule has 3 rings (SSSR count). The van der Waals surface area contributed by atoms with Crippen molar-refractivity contribution in [2.75, 3.05) is 7.05 Å². The maximum Gasteiger partial charge on any atom is 0.315 e. The van der Waals surface area contributed by atoms with Crippen LogP contribution in [0, 0.1) is 11.3 Å². The number of nitrogens with zero attached hydrogens (tertiary/aromatic N) is 4. The smallest absolute Gasteiger partial charge is 0.315 e. The highest BCUT2D eigenvalue weighted by molar-refractivity contribution is 7.12. The first-order valence-corrected chi connectivity index (χ1v) is 9.08. The lowest BCUT2D eigenvalue weighted by molar-refractivity contribution is -0.136. The lowest BCUT2D eigenvalue weighted by Gasteiger charge is -2.39. The summed E-state index contributed by atoms with van der Waals surface area (Å²) in [6.45, 7) is 0.357. The molecule has 0 aromatic carbocycles. The second-order valence-electron chi connectivity index (χ2n) is 6.18. The minimum Gasteiger partial charge on any atom is -0.335 e. The van der Waals surface area contributed by atoms with Gasteiger partial charge in [-0.2, -0.15) is 10.4 Å². The Balaban J connectivity index is 1.66. The fraction of sp³-hybridized carbons (Fsp3) is 0.412. The number of carbonyl (C=O) groups is 2. The molecule has 1 saturated heterocycles. The van der Waals surface area contributed by atoms with Crippen LogP contribution in [0.3, 0.4) is 0 Å². The molecule has 0 aliphatic carbocycles. The van der Waals surface area contributed by atoms with Crippen molar-refractivity contribution >= 4 is 23.3 Å². The highest BCUT2D eigenvalue weighted by Crippen LogP contribution is 2.30. The highest BCUT2D eigenvalue weighted by atomic mass is 32.1. The Morgan fingerprint density at radius 3 is 2.88 bits per heavy atom.